The number of esters is 1. The second kappa shape index (κ2) is 16.4. The summed E-state index contributed by atoms with van der Waals surface area (Å²) in [6.07, 6.45) is 17.9. The number of rotatable bonds is 16. The first kappa shape index (κ1) is 24.5. The quantitative estimate of drug-likeness (QED) is 0.182. The van der Waals surface area contributed by atoms with Crippen LogP contribution in [0.5, 0.6) is 0 Å². The van der Waals surface area contributed by atoms with Crippen molar-refractivity contribution in [1.82, 2.24) is 4.90 Å². The minimum absolute atomic E-state index is 0.163. The first-order chi connectivity index (χ1) is 13.7. The van der Waals surface area contributed by atoms with E-state index in [2.05, 4.69) is 13.5 Å². The molecule has 162 valence electrons. The minimum Gasteiger partial charge on any atom is -0.464 e. The third-order valence-electron chi connectivity index (χ3n) is 5.33. The molecule has 5 nitrogen and oxygen atoms in total. The van der Waals surface area contributed by atoms with E-state index in [0.29, 0.717) is 19.6 Å². The molecule has 28 heavy (non-hydrogen) atoms. The van der Waals surface area contributed by atoms with Gasteiger partial charge in [0.2, 0.25) is 0 Å². The van der Waals surface area contributed by atoms with Gasteiger partial charge in [0.25, 0.3) is 0 Å². The number of hydrogen-bond acceptors (Lipinski definition) is 4. The number of nitrogens with zero attached hydrogens (tertiary/aromatic N) is 1. The maximum atomic E-state index is 12.2. The number of unbranched alkanes of at least 4 members (excludes halogenated alkanes) is 11. The lowest BCUT2D eigenvalue weighted by Gasteiger charge is -2.22. The Morgan fingerprint density at radius 2 is 1.50 bits per heavy atom. The molecule has 0 aromatic rings. The van der Waals surface area contributed by atoms with Crippen molar-refractivity contribution >= 4 is 12.1 Å². The predicted octanol–water partition coefficient (Wildman–Crippen LogP) is 6.02. The van der Waals surface area contributed by atoms with Gasteiger partial charge < -0.3 is 9.47 Å². The summed E-state index contributed by atoms with van der Waals surface area (Å²) >= 11 is 0. The van der Waals surface area contributed by atoms with Crippen molar-refractivity contribution in [2.45, 2.75) is 103 Å². The standard InChI is InChI=1S/C23H41NO4/c1-3-5-6-7-8-9-10-11-12-13-14-15-20-27-22(25)21-17-16-18-24(21)23(26)28-19-4-2/h4,21H,2-3,5-20H2,1H3. The highest BCUT2D eigenvalue weighted by molar-refractivity contribution is 5.82. The van der Waals surface area contributed by atoms with Crippen molar-refractivity contribution in [2.75, 3.05) is 19.8 Å². The van der Waals surface area contributed by atoms with Gasteiger partial charge in [0.05, 0.1) is 6.61 Å². The van der Waals surface area contributed by atoms with E-state index in [1.807, 2.05) is 0 Å². The lowest BCUT2D eigenvalue weighted by atomic mass is 10.1. The summed E-state index contributed by atoms with van der Waals surface area (Å²) in [4.78, 5) is 25.7. The monoisotopic (exact) mass is 395 g/mol. The number of hydrogen-bond donors (Lipinski definition) is 0. The normalized spacial score (nSPS) is 16.2. The first-order valence-electron chi connectivity index (χ1n) is 11.4. The third-order valence-corrected chi connectivity index (χ3v) is 5.33. The van der Waals surface area contributed by atoms with Gasteiger partial charge in [-0.2, -0.15) is 0 Å². The Morgan fingerprint density at radius 3 is 2.07 bits per heavy atom. The molecule has 1 aliphatic heterocycles. The highest BCUT2D eigenvalue weighted by atomic mass is 16.6. The summed E-state index contributed by atoms with van der Waals surface area (Å²) in [5, 5.41) is 0. The van der Waals surface area contributed by atoms with Gasteiger partial charge in [-0.3, -0.25) is 4.90 Å². The third kappa shape index (κ3) is 10.7. The highest BCUT2D eigenvalue weighted by Crippen LogP contribution is 2.20. The maximum Gasteiger partial charge on any atom is 0.410 e. The number of amides is 1. The fourth-order valence-corrected chi connectivity index (χ4v) is 3.66. The summed E-state index contributed by atoms with van der Waals surface area (Å²) in [6, 6.07) is -0.491. The van der Waals surface area contributed by atoms with Crippen molar-refractivity contribution in [3.8, 4) is 0 Å². The van der Waals surface area contributed by atoms with E-state index in [1.165, 1.54) is 75.2 Å². The first-order valence-corrected chi connectivity index (χ1v) is 11.4. The average molecular weight is 396 g/mol. The SMILES string of the molecule is C=CCOC(=O)N1CCCC1C(=O)OCCCCCCCCCCCCCC. The fraction of sp³-hybridized carbons (Fsp3) is 0.826. The van der Waals surface area contributed by atoms with Crippen LogP contribution in [-0.4, -0.2) is 42.8 Å². The number of carbonyl (C=O) groups excluding carboxylic acids is 2. The van der Waals surface area contributed by atoms with Crippen LogP contribution in [0.2, 0.25) is 0 Å². The van der Waals surface area contributed by atoms with Crippen molar-refractivity contribution in [2.24, 2.45) is 0 Å². The van der Waals surface area contributed by atoms with Crippen molar-refractivity contribution in [3.63, 3.8) is 0 Å². The molecule has 1 heterocycles. The lowest BCUT2D eigenvalue weighted by molar-refractivity contribution is -0.148. The Labute approximate surface area is 171 Å². The van der Waals surface area contributed by atoms with Gasteiger partial charge in [0, 0.05) is 6.54 Å². The van der Waals surface area contributed by atoms with E-state index in [-0.39, 0.29) is 12.6 Å². The zero-order valence-corrected chi connectivity index (χ0v) is 18.0. The van der Waals surface area contributed by atoms with Gasteiger partial charge in [-0.05, 0) is 19.3 Å². The van der Waals surface area contributed by atoms with Crippen LogP contribution in [-0.2, 0) is 14.3 Å². The minimum atomic E-state index is -0.491. The summed E-state index contributed by atoms with van der Waals surface area (Å²) < 4.78 is 10.4. The molecule has 0 bridgehead atoms. The van der Waals surface area contributed by atoms with E-state index in [0.717, 1.165) is 19.3 Å². The molecule has 1 unspecified atom stereocenters. The van der Waals surface area contributed by atoms with Crippen LogP contribution in [0.4, 0.5) is 4.79 Å². The van der Waals surface area contributed by atoms with Gasteiger partial charge in [-0.15, -0.1) is 0 Å². The van der Waals surface area contributed by atoms with E-state index < -0.39 is 12.1 Å². The molecule has 0 aromatic carbocycles. The molecule has 0 radical (unpaired) electrons. The molecule has 1 aliphatic rings. The van der Waals surface area contributed by atoms with Crippen molar-refractivity contribution < 1.29 is 19.1 Å². The fourth-order valence-electron chi connectivity index (χ4n) is 3.66. The topological polar surface area (TPSA) is 55.8 Å². The largest absolute Gasteiger partial charge is 0.464 e. The van der Waals surface area contributed by atoms with Crippen LogP contribution in [0, 0.1) is 0 Å². The van der Waals surface area contributed by atoms with E-state index in [4.69, 9.17) is 9.47 Å². The summed E-state index contributed by atoms with van der Waals surface area (Å²) in [7, 11) is 0. The zero-order valence-electron chi connectivity index (χ0n) is 18.0. The Kier molecular flexibility index (Phi) is 14.4. The molecule has 1 saturated heterocycles. The van der Waals surface area contributed by atoms with E-state index in [9.17, 15) is 9.59 Å². The smallest absolute Gasteiger partial charge is 0.410 e. The van der Waals surface area contributed by atoms with Crippen molar-refractivity contribution in [1.29, 1.82) is 0 Å². The summed E-state index contributed by atoms with van der Waals surface area (Å²) in [5.74, 6) is -0.295. The zero-order chi connectivity index (χ0) is 20.5. The molecule has 0 N–H and O–H groups in total. The van der Waals surface area contributed by atoms with Crippen LogP contribution in [0.15, 0.2) is 12.7 Å². The van der Waals surface area contributed by atoms with E-state index >= 15 is 0 Å². The van der Waals surface area contributed by atoms with E-state index in [1.54, 1.807) is 0 Å². The highest BCUT2D eigenvalue weighted by Gasteiger charge is 2.36. The van der Waals surface area contributed by atoms with Gasteiger partial charge in [-0.1, -0.05) is 90.2 Å². The predicted molar refractivity (Wildman–Crippen MR) is 113 cm³/mol. The second-order valence-corrected chi connectivity index (χ2v) is 7.77. The molecule has 0 spiro atoms. The number of carbonyl (C=O) groups is 2. The summed E-state index contributed by atoms with van der Waals surface area (Å²) in [6.45, 7) is 6.94. The second-order valence-electron chi connectivity index (χ2n) is 7.77. The Balaban J connectivity index is 1.98. The Morgan fingerprint density at radius 1 is 0.929 bits per heavy atom. The molecule has 1 amide bonds. The van der Waals surface area contributed by atoms with Crippen LogP contribution < -0.4 is 0 Å². The molecule has 0 saturated carbocycles. The molecular formula is C23H41NO4. The van der Waals surface area contributed by atoms with Crippen LogP contribution in [0.3, 0.4) is 0 Å². The van der Waals surface area contributed by atoms with Crippen LogP contribution in [0.1, 0.15) is 96.8 Å². The van der Waals surface area contributed by atoms with Crippen LogP contribution >= 0.6 is 0 Å². The van der Waals surface area contributed by atoms with Crippen molar-refractivity contribution in [3.05, 3.63) is 12.7 Å². The lowest BCUT2D eigenvalue weighted by Crippen LogP contribution is -2.41. The van der Waals surface area contributed by atoms with Gasteiger partial charge >= 0.3 is 12.1 Å². The maximum absolute atomic E-state index is 12.2. The molecule has 1 rings (SSSR count). The average Bonchev–Trinajstić information content (AvgIpc) is 3.19. The molecule has 1 fully saturated rings. The molecular weight excluding hydrogens is 354 g/mol. The Hall–Kier alpha value is -1.52. The van der Waals surface area contributed by atoms with Gasteiger partial charge in [0.15, 0.2) is 0 Å². The molecule has 5 heteroatoms. The number of likely N-dealkylation sites (tertiary alicyclic amines) is 1. The Bertz CT molecular complexity index is 438. The van der Waals surface area contributed by atoms with Crippen LogP contribution in [0.25, 0.3) is 0 Å². The molecule has 0 aliphatic carbocycles. The molecule has 0 aromatic heterocycles. The summed E-state index contributed by atoms with van der Waals surface area (Å²) in [5.41, 5.74) is 0. The van der Waals surface area contributed by atoms with Gasteiger partial charge in [0.1, 0.15) is 12.6 Å². The van der Waals surface area contributed by atoms with Gasteiger partial charge in [-0.25, -0.2) is 9.59 Å². The molecule has 1 atom stereocenters. The number of ether oxygens (including phenoxy) is 2.